The predicted octanol–water partition coefficient (Wildman–Crippen LogP) is 3.59. The smallest absolute Gasteiger partial charge is 0.130 e. The Balaban J connectivity index is 2.48. The first-order valence-electron chi connectivity index (χ1n) is 5.18. The quantitative estimate of drug-likeness (QED) is 0.828. The van der Waals surface area contributed by atoms with Crippen molar-refractivity contribution in [1.29, 1.82) is 0 Å². The maximum atomic E-state index is 12.8. The van der Waals surface area contributed by atoms with E-state index < -0.39 is 6.10 Å². The Hall–Kier alpha value is -1.45. The molecule has 4 heteroatoms. The lowest BCUT2D eigenvalue weighted by Crippen LogP contribution is -1.94. The number of hydrogen-bond acceptors (Lipinski definition) is 2. The van der Waals surface area contributed by atoms with E-state index >= 15 is 0 Å². The summed E-state index contributed by atoms with van der Waals surface area (Å²) >= 11 is 5.88. The highest BCUT2D eigenvalue weighted by molar-refractivity contribution is 6.29. The summed E-state index contributed by atoms with van der Waals surface area (Å²) in [6.45, 7) is 1.65. The molecule has 1 aromatic heterocycles. The van der Waals surface area contributed by atoms with E-state index in [0.29, 0.717) is 16.4 Å². The van der Waals surface area contributed by atoms with Gasteiger partial charge in [0.25, 0.3) is 0 Å². The third-order valence-corrected chi connectivity index (χ3v) is 2.63. The average Bonchev–Trinajstić information content (AvgIpc) is 2.29. The van der Waals surface area contributed by atoms with Gasteiger partial charge in [-0.3, -0.25) is 0 Å². The Morgan fingerprint density at radius 1 is 1.24 bits per heavy atom. The van der Waals surface area contributed by atoms with Crippen molar-refractivity contribution in [3.05, 3.63) is 52.9 Å². The molecular weight excluding hydrogens is 241 g/mol. The van der Waals surface area contributed by atoms with Crippen LogP contribution in [0.1, 0.15) is 18.6 Å². The van der Waals surface area contributed by atoms with E-state index in [1.165, 1.54) is 12.1 Å². The second-order valence-corrected chi connectivity index (χ2v) is 4.18. The highest BCUT2D eigenvalue weighted by Gasteiger charge is 2.07. The average molecular weight is 252 g/mol. The van der Waals surface area contributed by atoms with Gasteiger partial charge in [0, 0.05) is 5.56 Å². The van der Waals surface area contributed by atoms with E-state index in [1.54, 1.807) is 31.2 Å². The molecule has 2 nitrogen and oxygen atoms in total. The fourth-order valence-electron chi connectivity index (χ4n) is 1.53. The molecule has 0 aliphatic rings. The van der Waals surface area contributed by atoms with Gasteiger partial charge in [0.05, 0.1) is 11.8 Å². The number of aromatic nitrogens is 1. The van der Waals surface area contributed by atoms with E-state index in [2.05, 4.69) is 4.98 Å². The molecule has 0 saturated carbocycles. The highest BCUT2D eigenvalue weighted by atomic mass is 35.5. The molecule has 0 aliphatic heterocycles. The first-order chi connectivity index (χ1) is 8.06. The maximum Gasteiger partial charge on any atom is 0.130 e. The second-order valence-electron chi connectivity index (χ2n) is 3.79. The molecule has 1 unspecified atom stereocenters. The van der Waals surface area contributed by atoms with E-state index in [1.807, 2.05) is 0 Å². The molecule has 0 aliphatic carbocycles. The van der Waals surface area contributed by atoms with Crippen molar-refractivity contribution < 1.29 is 9.50 Å². The summed E-state index contributed by atoms with van der Waals surface area (Å²) in [6, 6.07) is 9.32. The van der Waals surface area contributed by atoms with Gasteiger partial charge in [0.15, 0.2) is 0 Å². The number of nitrogens with zero attached hydrogens (tertiary/aromatic N) is 1. The minimum atomic E-state index is -0.616. The summed E-state index contributed by atoms with van der Waals surface area (Å²) < 4.78 is 12.8. The largest absolute Gasteiger partial charge is 0.389 e. The Morgan fingerprint density at radius 2 is 1.88 bits per heavy atom. The van der Waals surface area contributed by atoms with Gasteiger partial charge in [0.2, 0.25) is 0 Å². The van der Waals surface area contributed by atoms with Crippen LogP contribution in [0.4, 0.5) is 4.39 Å². The van der Waals surface area contributed by atoms with Gasteiger partial charge in [-0.2, -0.15) is 0 Å². The normalized spacial score (nSPS) is 12.5. The van der Waals surface area contributed by atoms with Crippen LogP contribution in [-0.2, 0) is 0 Å². The number of pyridine rings is 1. The standard InChI is InChI=1S/C13H11ClFNO/c1-8(17)10-6-12(16-13(14)7-10)9-2-4-11(15)5-3-9/h2-8,17H,1H3. The van der Waals surface area contributed by atoms with Gasteiger partial charge in [0.1, 0.15) is 11.0 Å². The number of rotatable bonds is 2. The number of aliphatic hydroxyl groups excluding tert-OH is 1. The fraction of sp³-hybridized carbons (Fsp3) is 0.154. The SMILES string of the molecule is CC(O)c1cc(Cl)nc(-c2ccc(F)cc2)c1. The van der Waals surface area contributed by atoms with Gasteiger partial charge < -0.3 is 5.11 Å². The van der Waals surface area contributed by atoms with Crippen LogP contribution in [0.15, 0.2) is 36.4 Å². The number of aliphatic hydroxyl groups is 1. The van der Waals surface area contributed by atoms with Gasteiger partial charge in [-0.25, -0.2) is 9.37 Å². The lowest BCUT2D eigenvalue weighted by atomic mass is 10.1. The van der Waals surface area contributed by atoms with Crippen molar-refractivity contribution in [2.24, 2.45) is 0 Å². The van der Waals surface area contributed by atoms with Crippen molar-refractivity contribution in [2.45, 2.75) is 13.0 Å². The van der Waals surface area contributed by atoms with E-state index in [-0.39, 0.29) is 5.82 Å². The zero-order valence-electron chi connectivity index (χ0n) is 9.19. The molecule has 0 radical (unpaired) electrons. The number of benzene rings is 1. The summed E-state index contributed by atoms with van der Waals surface area (Å²) in [5.41, 5.74) is 2.06. The zero-order valence-corrected chi connectivity index (χ0v) is 9.95. The molecule has 2 rings (SSSR count). The van der Waals surface area contributed by atoms with Crippen LogP contribution in [-0.4, -0.2) is 10.1 Å². The Morgan fingerprint density at radius 3 is 2.47 bits per heavy atom. The second kappa shape index (κ2) is 4.82. The topological polar surface area (TPSA) is 33.1 Å². The lowest BCUT2D eigenvalue weighted by Gasteiger charge is -2.08. The van der Waals surface area contributed by atoms with Gasteiger partial charge in [-0.05, 0) is 48.9 Å². The van der Waals surface area contributed by atoms with Crippen molar-refractivity contribution >= 4 is 11.6 Å². The van der Waals surface area contributed by atoms with Crippen LogP contribution < -0.4 is 0 Å². The van der Waals surface area contributed by atoms with E-state index in [9.17, 15) is 9.50 Å². The third kappa shape index (κ3) is 2.81. The minimum absolute atomic E-state index is 0.300. The lowest BCUT2D eigenvalue weighted by molar-refractivity contribution is 0.199. The van der Waals surface area contributed by atoms with Crippen molar-refractivity contribution in [3.8, 4) is 11.3 Å². The van der Waals surface area contributed by atoms with Crippen LogP contribution >= 0.6 is 11.6 Å². The monoisotopic (exact) mass is 251 g/mol. The molecule has 1 heterocycles. The number of hydrogen-bond donors (Lipinski definition) is 1. The maximum absolute atomic E-state index is 12.8. The van der Waals surface area contributed by atoms with Crippen LogP contribution in [0, 0.1) is 5.82 Å². The molecule has 17 heavy (non-hydrogen) atoms. The van der Waals surface area contributed by atoms with Gasteiger partial charge >= 0.3 is 0 Å². The highest BCUT2D eigenvalue weighted by Crippen LogP contribution is 2.24. The first-order valence-corrected chi connectivity index (χ1v) is 5.55. The molecule has 0 fully saturated rings. The van der Waals surface area contributed by atoms with E-state index in [4.69, 9.17) is 11.6 Å². The van der Waals surface area contributed by atoms with Crippen molar-refractivity contribution in [1.82, 2.24) is 4.98 Å². The Kier molecular flexibility index (Phi) is 3.41. The van der Waals surface area contributed by atoms with Gasteiger partial charge in [-0.1, -0.05) is 11.6 Å². The molecule has 0 spiro atoms. The summed E-state index contributed by atoms with van der Waals surface area (Å²) in [5.74, 6) is -0.300. The molecule has 88 valence electrons. The molecule has 1 aromatic carbocycles. The first kappa shape index (κ1) is 12.0. The van der Waals surface area contributed by atoms with Crippen molar-refractivity contribution in [3.63, 3.8) is 0 Å². The molecular formula is C13H11ClFNO. The van der Waals surface area contributed by atoms with Crippen LogP contribution in [0.2, 0.25) is 5.15 Å². The number of halogens is 2. The van der Waals surface area contributed by atoms with Crippen molar-refractivity contribution in [2.75, 3.05) is 0 Å². The zero-order chi connectivity index (χ0) is 12.4. The summed E-state index contributed by atoms with van der Waals surface area (Å²) in [5, 5.41) is 9.83. The van der Waals surface area contributed by atoms with Gasteiger partial charge in [-0.15, -0.1) is 0 Å². The van der Waals surface area contributed by atoms with Crippen LogP contribution in [0.25, 0.3) is 11.3 Å². The summed E-state index contributed by atoms with van der Waals surface area (Å²) in [6.07, 6.45) is -0.616. The Labute approximate surface area is 104 Å². The summed E-state index contributed by atoms with van der Waals surface area (Å²) in [7, 11) is 0. The molecule has 2 aromatic rings. The molecule has 1 N–H and O–H groups in total. The summed E-state index contributed by atoms with van der Waals surface area (Å²) in [4.78, 5) is 4.15. The molecule has 0 saturated heterocycles. The van der Waals surface area contributed by atoms with E-state index in [0.717, 1.165) is 5.56 Å². The van der Waals surface area contributed by atoms with Crippen LogP contribution in [0.3, 0.4) is 0 Å². The fourth-order valence-corrected chi connectivity index (χ4v) is 1.74. The van der Waals surface area contributed by atoms with Crippen LogP contribution in [0.5, 0.6) is 0 Å². The Bertz CT molecular complexity index is 525. The minimum Gasteiger partial charge on any atom is -0.389 e. The predicted molar refractivity (Wildman–Crippen MR) is 65.3 cm³/mol. The molecule has 0 bridgehead atoms. The molecule has 0 amide bonds. The molecule has 1 atom stereocenters. The third-order valence-electron chi connectivity index (χ3n) is 2.44.